The number of rotatable bonds is 5. The van der Waals surface area contributed by atoms with Crippen LogP contribution in [0, 0.1) is 23.2 Å². The van der Waals surface area contributed by atoms with Gasteiger partial charge in [0.25, 0.3) is 0 Å². The van der Waals surface area contributed by atoms with E-state index in [0.717, 1.165) is 37.1 Å². The lowest BCUT2D eigenvalue weighted by molar-refractivity contribution is -0.136. The number of nitrogens with zero attached hydrogens (tertiary/aromatic N) is 1. The monoisotopic (exact) mass is 278 g/mol. The first-order valence-corrected chi connectivity index (χ1v) is 8.52. The second kappa shape index (κ2) is 5.32. The summed E-state index contributed by atoms with van der Waals surface area (Å²) >= 11 is 0. The fourth-order valence-corrected chi connectivity index (χ4v) is 5.78. The average molecular weight is 278 g/mol. The van der Waals surface area contributed by atoms with Crippen molar-refractivity contribution < 1.29 is 4.79 Å². The highest BCUT2D eigenvalue weighted by atomic mass is 16.2. The molecular weight excluding hydrogens is 248 g/mol. The largest absolute Gasteiger partial charge is 0.344 e. The predicted molar refractivity (Wildman–Crippen MR) is 81.1 cm³/mol. The van der Waals surface area contributed by atoms with Crippen LogP contribution in [0.1, 0.15) is 58.3 Å². The van der Waals surface area contributed by atoms with Gasteiger partial charge in [0.15, 0.2) is 0 Å². The summed E-state index contributed by atoms with van der Waals surface area (Å²) in [6, 6.07) is -0.293. The van der Waals surface area contributed by atoms with Crippen LogP contribution in [0.15, 0.2) is 0 Å². The Labute approximate surface area is 123 Å². The Kier molecular flexibility index (Phi) is 3.83. The average Bonchev–Trinajstić information content (AvgIpc) is 2.35. The molecule has 0 aromatic rings. The van der Waals surface area contributed by atoms with Gasteiger partial charge in [-0.15, -0.1) is 0 Å². The van der Waals surface area contributed by atoms with Gasteiger partial charge in [-0.2, -0.15) is 0 Å². The van der Waals surface area contributed by atoms with Crippen molar-refractivity contribution in [3.05, 3.63) is 0 Å². The van der Waals surface area contributed by atoms with E-state index < -0.39 is 0 Å². The van der Waals surface area contributed by atoms with Gasteiger partial charge in [0.05, 0.1) is 6.04 Å². The molecule has 3 heteroatoms. The number of likely N-dealkylation sites (N-methyl/N-ethyl adjacent to an activating group) is 1. The fourth-order valence-electron chi connectivity index (χ4n) is 5.78. The van der Waals surface area contributed by atoms with Crippen molar-refractivity contribution in [2.75, 3.05) is 13.6 Å². The quantitative estimate of drug-likeness (QED) is 0.840. The maximum atomic E-state index is 12.4. The molecule has 0 radical (unpaired) electrons. The first-order chi connectivity index (χ1) is 9.51. The Morgan fingerprint density at radius 1 is 1.20 bits per heavy atom. The van der Waals surface area contributed by atoms with Crippen LogP contribution in [-0.2, 0) is 4.79 Å². The Bertz CT molecular complexity index is 344. The van der Waals surface area contributed by atoms with E-state index in [1.165, 1.54) is 38.5 Å². The van der Waals surface area contributed by atoms with Crippen LogP contribution in [-0.4, -0.2) is 30.4 Å². The summed E-state index contributed by atoms with van der Waals surface area (Å²) < 4.78 is 0. The molecule has 0 spiro atoms. The molecular formula is C17H30N2O. The van der Waals surface area contributed by atoms with Crippen molar-refractivity contribution >= 4 is 5.91 Å². The summed E-state index contributed by atoms with van der Waals surface area (Å²) in [6.45, 7) is 3.04. The van der Waals surface area contributed by atoms with Crippen LogP contribution in [0.3, 0.4) is 0 Å². The normalized spacial score (nSPS) is 39.9. The lowest BCUT2D eigenvalue weighted by Gasteiger charge is -2.57. The fraction of sp³-hybridized carbons (Fsp3) is 0.941. The minimum atomic E-state index is -0.293. The van der Waals surface area contributed by atoms with E-state index in [9.17, 15) is 4.79 Å². The number of carbonyl (C=O) groups excluding carboxylic acids is 1. The van der Waals surface area contributed by atoms with Crippen LogP contribution in [0.4, 0.5) is 0 Å². The van der Waals surface area contributed by atoms with Gasteiger partial charge in [-0.3, -0.25) is 4.79 Å². The highest BCUT2D eigenvalue weighted by molar-refractivity contribution is 5.81. The van der Waals surface area contributed by atoms with E-state index in [4.69, 9.17) is 5.73 Å². The summed E-state index contributed by atoms with van der Waals surface area (Å²) in [5, 5.41) is 0. The summed E-state index contributed by atoms with van der Waals surface area (Å²) in [5.74, 6) is 3.01. The van der Waals surface area contributed by atoms with Crippen LogP contribution in [0.25, 0.3) is 0 Å². The molecule has 0 heterocycles. The van der Waals surface area contributed by atoms with E-state index in [1.807, 2.05) is 11.9 Å². The zero-order chi connectivity index (χ0) is 14.3. The molecule has 4 saturated carbocycles. The molecule has 4 aliphatic rings. The molecule has 4 bridgehead atoms. The number of amides is 1. The van der Waals surface area contributed by atoms with E-state index in [2.05, 4.69) is 6.92 Å². The summed E-state index contributed by atoms with van der Waals surface area (Å²) in [7, 11) is 1.97. The van der Waals surface area contributed by atoms with Crippen molar-refractivity contribution in [3.63, 3.8) is 0 Å². The van der Waals surface area contributed by atoms with E-state index in [0.29, 0.717) is 5.41 Å². The molecule has 1 atom stereocenters. The van der Waals surface area contributed by atoms with Crippen LogP contribution < -0.4 is 5.73 Å². The van der Waals surface area contributed by atoms with Crippen LogP contribution in [0.5, 0.6) is 0 Å². The zero-order valence-electron chi connectivity index (χ0n) is 13.1. The lowest BCUT2D eigenvalue weighted by atomic mass is 9.49. The Morgan fingerprint density at radius 3 is 2.15 bits per heavy atom. The standard InChI is InChI=1S/C17H30N2O/c1-3-4-15(18)16(20)19(2)11-17-8-12-5-13(9-17)7-14(6-12)10-17/h12-15H,3-11,18H2,1-2H3/t12?,13?,14?,15-,17?/m0/s1. The third kappa shape index (κ3) is 2.61. The van der Waals surface area contributed by atoms with Gasteiger partial charge >= 0.3 is 0 Å². The molecule has 1 amide bonds. The van der Waals surface area contributed by atoms with E-state index in [-0.39, 0.29) is 11.9 Å². The van der Waals surface area contributed by atoms with Gasteiger partial charge < -0.3 is 10.6 Å². The van der Waals surface area contributed by atoms with Gasteiger partial charge in [-0.1, -0.05) is 13.3 Å². The highest BCUT2D eigenvalue weighted by Crippen LogP contribution is 2.60. The minimum absolute atomic E-state index is 0.155. The predicted octanol–water partition coefficient (Wildman–Crippen LogP) is 2.79. The van der Waals surface area contributed by atoms with Gasteiger partial charge in [0, 0.05) is 13.6 Å². The molecule has 4 rings (SSSR count). The van der Waals surface area contributed by atoms with Gasteiger partial charge in [0.2, 0.25) is 5.91 Å². The third-order valence-corrected chi connectivity index (χ3v) is 6.03. The maximum Gasteiger partial charge on any atom is 0.239 e. The van der Waals surface area contributed by atoms with Crippen molar-refractivity contribution in [3.8, 4) is 0 Å². The Hall–Kier alpha value is -0.570. The number of nitrogens with two attached hydrogens (primary N) is 1. The molecule has 0 unspecified atom stereocenters. The molecule has 0 aliphatic heterocycles. The number of hydrogen-bond donors (Lipinski definition) is 1. The molecule has 0 aromatic carbocycles. The third-order valence-electron chi connectivity index (χ3n) is 6.03. The molecule has 20 heavy (non-hydrogen) atoms. The molecule has 114 valence electrons. The minimum Gasteiger partial charge on any atom is -0.344 e. The van der Waals surface area contributed by atoms with Crippen LogP contribution >= 0.6 is 0 Å². The van der Waals surface area contributed by atoms with E-state index in [1.54, 1.807) is 0 Å². The second-order valence-corrected chi connectivity index (χ2v) is 8.01. The molecule has 0 saturated heterocycles. The van der Waals surface area contributed by atoms with Gasteiger partial charge in [0.1, 0.15) is 0 Å². The Morgan fingerprint density at radius 2 is 1.70 bits per heavy atom. The van der Waals surface area contributed by atoms with Gasteiger partial charge in [-0.25, -0.2) is 0 Å². The topological polar surface area (TPSA) is 46.3 Å². The van der Waals surface area contributed by atoms with Crippen molar-refractivity contribution in [2.45, 2.75) is 64.3 Å². The zero-order valence-corrected chi connectivity index (χ0v) is 13.1. The number of hydrogen-bond acceptors (Lipinski definition) is 2. The van der Waals surface area contributed by atoms with Crippen LogP contribution in [0.2, 0.25) is 0 Å². The van der Waals surface area contributed by atoms with Gasteiger partial charge in [-0.05, 0) is 68.1 Å². The van der Waals surface area contributed by atoms with Crippen molar-refractivity contribution in [2.24, 2.45) is 28.9 Å². The smallest absolute Gasteiger partial charge is 0.239 e. The summed E-state index contributed by atoms with van der Waals surface area (Å²) in [4.78, 5) is 14.3. The summed E-state index contributed by atoms with van der Waals surface area (Å²) in [6.07, 6.45) is 10.3. The first-order valence-electron chi connectivity index (χ1n) is 8.52. The van der Waals surface area contributed by atoms with E-state index >= 15 is 0 Å². The maximum absolute atomic E-state index is 12.4. The SMILES string of the molecule is CCC[C@H](N)C(=O)N(C)CC12CC3CC(CC(C3)C1)C2. The Balaban J connectivity index is 1.63. The lowest BCUT2D eigenvalue weighted by Crippen LogP contribution is -2.53. The summed E-state index contributed by atoms with van der Waals surface area (Å²) in [5.41, 5.74) is 6.44. The molecule has 4 fully saturated rings. The molecule has 0 aromatic heterocycles. The van der Waals surface area contributed by atoms with Crippen molar-refractivity contribution in [1.29, 1.82) is 0 Å². The molecule has 2 N–H and O–H groups in total. The first kappa shape index (κ1) is 14.4. The van der Waals surface area contributed by atoms with Crippen molar-refractivity contribution in [1.82, 2.24) is 4.90 Å². The number of carbonyl (C=O) groups is 1. The highest BCUT2D eigenvalue weighted by Gasteiger charge is 2.51. The molecule has 3 nitrogen and oxygen atoms in total. The second-order valence-electron chi connectivity index (χ2n) is 8.01. The molecule has 4 aliphatic carbocycles.